The highest BCUT2D eigenvalue weighted by atomic mass is 16.6. The number of carbonyl (C=O) groups excluding carboxylic acids is 2. The first-order valence-electron chi connectivity index (χ1n) is 8.32. The van der Waals surface area contributed by atoms with Crippen LogP contribution < -0.4 is 5.32 Å². The smallest absolute Gasteiger partial charge is 0.408 e. The third kappa shape index (κ3) is 7.49. The van der Waals surface area contributed by atoms with Crippen molar-refractivity contribution in [3.8, 4) is 0 Å². The summed E-state index contributed by atoms with van der Waals surface area (Å²) in [5.74, 6) is 0. The summed E-state index contributed by atoms with van der Waals surface area (Å²) in [6.07, 6.45) is 10.9. The Morgan fingerprint density at radius 3 is 1.95 bits per heavy atom. The molecule has 1 saturated carbocycles. The Morgan fingerprint density at radius 2 is 1.52 bits per heavy atom. The lowest BCUT2D eigenvalue weighted by atomic mass is 9.83. The van der Waals surface area contributed by atoms with Crippen molar-refractivity contribution in [2.45, 2.75) is 96.1 Å². The van der Waals surface area contributed by atoms with Crippen molar-refractivity contribution in [2.75, 3.05) is 0 Å². The minimum atomic E-state index is -0.511. The Hall–Kier alpha value is -1.06. The van der Waals surface area contributed by atoms with Crippen LogP contribution in [0.3, 0.4) is 0 Å². The molecule has 1 fully saturated rings. The molecular weight excluding hydrogens is 266 g/mol. The lowest BCUT2D eigenvalue weighted by Gasteiger charge is -2.35. The molecule has 0 aromatic heterocycles. The van der Waals surface area contributed by atoms with Crippen LogP contribution in [0.4, 0.5) is 4.79 Å². The molecule has 0 aliphatic heterocycles. The lowest BCUT2D eigenvalue weighted by Crippen LogP contribution is -2.50. The van der Waals surface area contributed by atoms with Crippen LogP contribution in [-0.4, -0.2) is 23.5 Å². The molecule has 1 aliphatic carbocycles. The van der Waals surface area contributed by atoms with Crippen LogP contribution in [0.25, 0.3) is 0 Å². The fourth-order valence-corrected chi connectivity index (χ4v) is 3.00. The maximum Gasteiger partial charge on any atom is 0.408 e. The van der Waals surface area contributed by atoms with E-state index in [0.717, 1.165) is 32.0 Å². The van der Waals surface area contributed by atoms with Crippen molar-refractivity contribution in [1.82, 2.24) is 5.32 Å². The first kappa shape index (κ1) is 18.0. The van der Waals surface area contributed by atoms with Gasteiger partial charge in [0, 0.05) is 12.0 Å². The van der Waals surface area contributed by atoms with E-state index in [9.17, 15) is 9.59 Å². The second-order valence-corrected chi connectivity index (χ2v) is 7.25. The number of aldehydes is 1. The van der Waals surface area contributed by atoms with Crippen molar-refractivity contribution < 1.29 is 14.3 Å². The first-order valence-corrected chi connectivity index (χ1v) is 8.32. The molecule has 0 atom stereocenters. The molecule has 1 rings (SSSR count). The topological polar surface area (TPSA) is 55.4 Å². The number of amides is 1. The van der Waals surface area contributed by atoms with Crippen LogP contribution in [0.15, 0.2) is 0 Å². The van der Waals surface area contributed by atoms with Crippen LogP contribution in [0.1, 0.15) is 85.0 Å². The maximum absolute atomic E-state index is 12.1. The molecule has 21 heavy (non-hydrogen) atoms. The molecule has 0 radical (unpaired) electrons. The van der Waals surface area contributed by atoms with E-state index in [2.05, 4.69) is 5.32 Å². The van der Waals surface area contributed by atoms with Gasteiger partial charge >= 0.3 is 6.09 Å². The highest BCUT2D eigenvalue weighted by molar-refractivity contribution is 5.69. The SMILES string of the molecule is CC(C)(C)OC(=O)NC1(CC=O)CCCCCCCCC1. The third-order valence-corrected chi connectivity index (χ3v) is 4.05. The third-order valence-electron chi connectivity index (χ3n) is 4.05. The molecule has 1 aliphatic rings. The van der Waals surface area contributed by atoms with E-state index in [1.807, 2.05) is 20.8 Å². The molecule has 0 aromatic carbocycles. The molecule has 4 nitrogen and oxygen atoms in total. The predicted molar refractivity (Wildman–Crippen MR) is 84.3 cm³/mol. The van der Waals surface area contributed by atoms with Crippen molar-refractivity contribution in [1.29, 1.82) is 0 Å². The largest absolute Gasteiger partial charge is 0.444 e. The number of alkyl carbamates (subject to hydrolysis) is 1. The van der Waals surface area contributed by atoms with Gasteiger partial charge in [0.2, 0.25) is 0 Å². The Kier molecular flexibility index (Phi) is 7.20. The minimum Gasteiger partial charge on any atom is -0.444 e. The van der Waals surface area contributed by atoms with Crippen molar-refractivity contribution in [3.05, 3.63) is 0 Å². The van der Waals surface area contributed by atoms with E-state index >= 15 is 0 Å². The highest BCUT2D eigenvalue weighted by Gasteiger charge is 2.32. The number of hydrogen-bond donors (Lipinski definition) is 1. The van der Waals surface area contributed by atoms with E-state index in [0.29, 0.717) is 6.42 Å². The molecule has 0 spiro atoms. The van der Waals surface area contributed by atoms with Crippen LogP contribution >= 0.6 is 0 Å². The number of rotatable bonds is 3. The summed E-state index contributed by atoms with van der Waals surface area (Å²) in [5, 5.41) is 3.01. The van der Waals surface area contributed by atoms with Crippen LogP contribution in [-0.2, 0) is 9.53 Å². The first-order chi connectivity index (χ1) is 9.87. The summed E-state index contributed by atoms with van der Waals surface area (Å²) in [4.78, 5) is 23.2. The van der Waals surface area contributed by atoms with Gasteiger partial charge in [0.15, 0.2) is 0 Å². The number of nitrogens with one attached hydrogen (secondary N) is 1. The number of ether oxygens (including phenoxy) is 1. The molecule has 0 saturated heterocycles. The Labute approximate surface area is 129 Å². The zero-order chi connectivity index (χ0) is 15.8. The van der Waals surface area contributed by atoms with Gasteiger partial charge in [0.25, 0.3) is 0 Å². The van der Waals surface area contributed by atoms with Gasteiger partial charge in [-0.1, -0.05) is 44.9 Å². The van der Waals surface area contributed by atoms with Crippen LogP contribution in [0, 0.1) is 0 Å². The molecule has 0 heterocycles. The van der Waals surface area contributed by atoms with E-state index in [4.69, 9.17) is 4.74 Å². The van der Waals surface area contributed by atoms with E-state index < -0.39 is 17.2 Å². The van der Waals surface area contributed by atoms with Crippen molar-refractivity contribution in [3.63, 3.8) is 0 Å². The summed E-state index contributed by atoms with van der Waals surface area (Å²) < 4.78 is 5.37. The maximum atomic E-state index is 12.1. The fourth-order valence-electron chi connectivity index (χ4n) is 3.00. The second kappa shape index (κ2) is 8.40. The lowest BCUT2D eigenvalue weighted by molar-refractivity contribution is -0.109. The Balaban J connectivity index is 2.71. The molecule has 4 heteroatoms. The Bertz CT molecular complexity index is 323. The summed E-state index contributed by atoms with van der Waals surface area (Å²) in [5.41, 5.74) is -0.927. The van der Waals surface area contributed by atoms with Gasteiger partial charge in [-0.2, -0.15) is 0 Å². The normalized spacial score (nSPS) is 20.3. The summed E-state index contributed by atoms with van der Waals surface area (Å²) in [7, 11) is 0. The Morgan fingerprint density at radius 1 is 1.05 bits per heavy atom. The van der Waals surface area contributed by atoms with Gasteiger partial charge in [0.05, 0.1) is 0 Å². The van der Waals surface area contributed by atoms with Gasteiger partial charge in [0.1, 0.15) is 11.9 Å². The van der Waals surface area contributed by atoms with Gasteiger partial charge in [-0.3, -0.25) is 0 Å². The fraction of sp³-hybridized carbons (Fsp3) is 0.882. The van der Waals surface area contributed by atoms with Crippen molar-refractivity contribution >= 4 is 12.4 Å². The summed E-state index contributed by atoms with van der Waals surface area (Å²) >= 11 is 0. The predicted octanol–water partition coefficient (Wildman–Crippen LogP) is 4.36. The summed E-state index contributed by atoms with van der Waals surface area (Å²) in [6, 6.07) is 0. The molecule has 1 N–H and O–H groups in total. The van der Waals surface area contributed by atoms with Crippen LogP contribution in [0.2, 0.25) is 0 Å². The average molecular weight is 297 g/mol. The van der Waals surface area contributed by atoms with Crippen LogP contribution in [0.5, 0.6) is 0 Å². The van der Waals surface area contributed by atoms with Gasteiger partial charge < -0.3 is 14.8 Å². The molecule has 0 bridgehead atoms. The monoisotopic (exact) mass is 297 g/mol. The van der Waals surface area contributed by atoms with Gasteiger partial charge in [-0.25, -0.2) is 4.79 Å². The zero-order valence-electron chi connectivity index (χ0n) is 13.9. The molecule has 0 unspecified atom stereocenters. The second-order valence-electron chi connectivity index (χ2n) is 7.25. The van der Waals surface area contributed by atoms with E-state index in [-0.39, 0.29) is 0 Å². The minimum absolute atomic E-state index is 0.381. The number of hydrogen-bond acceptors (Lipinski definition) is 3. The van der Waals surface area contributed by atoms with Gasteiger partial charge in [-0.05, 0) is 33.6 Å². The number of carbonyl (C=O) groups is 2. The van der Waals surface area contributed by atoms with Gasteiger partial charge in [-0.15, -0.1) is 0 Å². The van der Waals surface area contributed by atoms with Crippen molar-refractivity contribution in [2.24, 2.45) is 0 Å². The van der Waals surface area contributed by atoms with E-state index in [1.54, 1.807) is 0 Å². The molecular formula is C17H31NO3. The van der Waals surface area contributed by atoms with E-state index in [1.165, 1.54) is 32.1 Å². The average Bonchev–Trinajstić information content (AvgIpc) is 2.35. The molecule has 0 aromatic rings. The standard InChI is InChI=1S/C17H31NO3/c1-16(2,3)21-15(20)18-17(13-14-19)11-9-7-5-4-6-8-10-12-17/h14H,4-13H2,1-3H3,(H,18,20). The molecule has 122 valence electrons. The molecule has 1 amide bonds. The highest BCUT2D eigenvalue weighted by Crippen LogP contribution is 2.28. The summed E-state index contributed by atoms with van der Waals surface area (Å²) in [6.45, 7) is 5.56. The zero-order valence-corrected chi connectivity index (χ0v) is 13.9. The quantitative estimate of drug-likeness (QED) is 0.787.